The Kier molecular flexibility index (Phi) is 5.16. The lowest BCUT2D eigenvalue weighted by Gasteiger charge is -2.25. The van der Waals surface area contributed by atoms with E-state index >= 15 is 0 Å². The van der Waals surface area contributed by atoms with Crippen molar-refractivity contribution in [2.45, 2.75) is 38.3 Å². The number of rotatable bonds is 5. The van der Waals surface area contributed by atoms with Gasteiger partial charge in [0.1, 0.15) is 5.75 Å². The van der Waals surface area contributed by atoms with Crippen LogP contribution in [-0.2, 0) is 16.0 Å². The van der Waals surface area contributed by atoms with Gasteiger partial charge in [0.05, 0.1) is 18.6 Å². The Morgan fingerprint density at radius 2 is 2.08 bits per heavy atom. The molecule has 1 heterocycles. The van der Waals surface area contributed by atoms with E-state index in [2.05, 4.69) is 5.32 Å². The number of aromatic hydroxyl groups is 1. The molecule has 2 atom stereocenters. The number of hydrogen-bond donors (Lipinski definition) is 2. The van der Waals surface area contributed by atoms with E-state index in [1.54, 1.807) is 6.07 Å². The molecule has 2 unspecified atom stereocenters. The van der Waals surface area contributed by atoms with E-state index < -0.39 is 0 Å². The predicted octanol–water partition coefficient (Wildman–Crippen LogP) is 3.28. The fourth-order valence-electron chi connectivity index (χ4n) is 3.09. The number of aryl methyl sites for hydroxylation is 1. The molecule has 1 saturated heterocycles. The average molecular weight is 325 g/mol. The van der Waals surface area contributed by atoms with Gasteiger partial charge in [-0.05, 0) is 42.5 Å². The second-order valence-corrected chi connectivity index (χ2v) is 6.30. The lowest BCUT2D eigenvalue weighted by atomic mass is 9.98. The number of hydrogen-bond acceptors (Lipinski definition) is 3. The van der Waals surface area contributed by atoms with Crippen molar-refractivity contribution in [3.8, 4) is 5.75 Å². The average Bonchev–Trinajstić information content (AvgIpc) is 3.11. The molecule has 0 bridgehead atoms. The molecule has 4 heteroatoms. The quantitative estimate of drug-likeness (QED) is 0.887. The molecule has 2 aromatic rings. The molecule has 3 rings (SSSR count). The standard InChI is InChI=1S/C20H23NO3/c1-14-9-10-15(12-17(14)22)13-19(23)21-20(18-8-5-11-24-18)16-6-3-2-4-7-16/h2-4,6-7,9-10,12,18,20,22H,5,8,11,13H2,1H3,(H,21,23). The van der Waals surface area contributed by atoms with Gasteiger partial charge in [-0.3, -0.25) is 4.79 Å². The molecule has 0 spiro atoms. The Morgan fingerprint density at radius 1 is 1.29 bits per heavy atom. The zero-order valence-corrected chi connectivity index (χ0v) is 13.9. The van der Waals surface area contributed by atoms with Crippen LogP contribution >= 0.6 is 0 Å². The summed E-state index contributed by atoms with van der Waals surface area (Å²) in [6.45, 7) is 2.58. The fourth-order valence-corrected chi connectivity index (χ4v) is 3.09. The molecule has 0 aliphatic carbocycles. The highest BCUT2D eigenvalue weighted by Crippen LogP contribution is 2.27. The van der Waals surface area contributed by atoms with Crippen molar-refractivity contribution in [2.75, 3.05) is 6.61 Å². The first-order valence-electron chi connectivity index (χ1n) is 8.38. The number of ether oxygens (including phenoxy) is 1. The lowest BCUT2D eigenvalue weighted by molar-refractivity contribution is -0.122. The van der Waals surface area contributed by atoms with E-state index in [0.717, 1.165) is 36.1 Å². The first-order chi connectivity index (χ1) is 11.6. The van der Waals surface area contributed by atoms with Crippen LogP contribution in [0.4, 0.5) is 0 Å². The maximum atomic E-state index is 12.5. The number of nitrogens with one attached hydrogen (secondary N) is 1. The highest BCUT2D eigenvalue weighted by Gasteiger charge is 2.28. The van der Waals surface area contributed by atoms with Crippen LogP contribution in [0.1, 0.15) is 35.6 Å². The molecule has 0 aromatic heterocycles. The van der Waals surface area contributed by atoms with Gasteiger partial charge >= 0.3 is 0 Å². The Hall–Kier alpha value is -2.33. The Balaban J connectivity index is 1.72. The summed E-state index contributed by atoms with van der Waals surface area (Å²) in [5.74, 6) is 0.154. The molecule has 1 aliphatic rings. The molecule has 24 heavy (non-hydrogen) atoms. The van der Waals surface area contributed by atoms with Crippen molar-refractivity contribution in [1.82, 2.24) is 5.32 Å². The van der Waals surface area contributed by atoms with Crippen molar-refractivity contribution >= 4 is 5.91 Å². The number of benzene rings is 2. The van der Waals surface area contributed by atoms with Crippen molar-refractivity contribution in [1.29, 1.82) is 0 Å². The Labute approximate surface area is 142 Å². The summed E-state index contributed by atoms with van der Waals surface area (Å²) in [5.41, 5.74) is 2.67. The Bertz CT molecular complexity index is 693. The molecule has 0 radical (unpaired) electrons. The zero-order chi connectivity index (χ0) is 16.9. The van der Waals surface area contributed by atoms with Gasteiger partial charge in [-0.25, -0.2) is 0 Å². The maximum absolute atomic E-state index is 12.5. The molecule has 1 fully saturated rings. The topological polar surface area (TPSA) is 58.6 Å². The van der Waals surface area contributed by atoms with Gasteiger partial charge in [0, 0.05) is 6.61 Å². The monoisotopic (exact) mass is 325 g/mol. The van der Waals surface area contributed by atoms with Crippen LogP contribution in [0, 0.1) is 6.92 Å². The van der Waals surface area contributed by atoms with Gasteiger partial charge in [-0.1, -0.05) is 42.5 Å². The van der Waals surface area contributed by atoms with Crippen LogP contribution < -0.4 is 5.32 Å². The number of phenols is 1. The minimum atomic E-state index is -0.139. The lowest BCUT2D eigenvalue weighted by Crippen LogP contribution is -2.36. The van der Waals surface area contributed by atoms with E-state index in [-0.39, 0.29) is 30.2 Å². The smallest absolute Gasteiger partial charge is 0.224 e. The van der Waals surface area contributed by atoms with E-state index in [0.29, 0.717) is 0 Å². The van der Waals surface area contributed by atoms with E-state index in [9.17, 15) is 9.90 Å². The number of carbonyl (C=O) groups is 1. The highest BCUT2D eigenvalue weighted by molar-refractivity contribution is 5.79. The minimum absolute atomic E-state index is 0.0165. The molecule has 2 aromatic carbocycles. The summed E-state index contributed by atoms with van der Waals surface area (Å²) < 4.78 is 5.80. The molecule has 4 nitrogen and oxygen atoms in total. The highest BCUT2D eigenvalue weighted by atomic mass is 16.5. The van der Waals surface area contributed by atoms with Crippen LogP contribution in [0.3, 0.4) is 0 Å². The van der Waals surface area contributed by atoms with Gasteiger partial charge in [0.15, 0.2) is 0 Å². The van der Waals surface area contributed by atoms with Gasteiger partial charge in [0.25, 0.3) is 0 Å². The minimum Gasteiger partial charge on any atom is -0.508 e. The van der Waals surface area contributed by atoms with Crippen molar-refractivity contribution in [2.24, 2.45) is 0 Å². The molecule has 0 saturated carbocycles. The van der Waals surface area contributed by atoms with Gasteiger partial charge in [-0.2, -0.15) is 0 Å². The normalized spacial score (nSPS) is 18.3. The summed E-state index contributed by atoms with van der Waals surface area (Å²) in [7, 11) is 0. The number of phenolic OH excluding ortho intramolecular Hbond substituents is 1. The second-order valence-electron chi connectivity index (χ2n) is 6.30. The second kappa shape index (κ2) is 7.49. The van der Waals surface area contributed by atoms with Crippen molar-refractivity contribution < 1.29 is 14.6 Å². The summed E-state index contributed by atoms with van der Waals surface area (Å²) in [6.07, 6.45) is 2.23. The first-order valence-corrected chi connectivity index (χ1v) is 8.38. The molecule has 1 aliphatic heterocycles. The van der Waals surface area contributed by atoms with E-state index in [1.807, 2.05) is 49.4 Å². The Morgan fingerprint density at radius 3 is 2.75 bits per heavy atom. The van der Waals surface area contributed by atoms with Gasteiger partial charge in [0.2, 0.25) is 5.91 Å². The molecular formula is C20H23NO3. The zero-order valence-electron chi connectivity index (χ0n) is 13.9. The number of carbonyl (C=O) groups excluding carboxylic acids is 1. The van der Waals surface area contributed by atoms with Gasteiger partial charge in [-0.15, -0.1) is 0 Å². The molecular weight excluding hydrogens is 302 g/mol. The van der Waals surface area contributed by atoms with Crippen LogP contribution in [0.2, 0.25) is 0 Å². The maximum Gasteiger partial charge on any atom is 0.224 e. The summed E-state index contributed by atoms with van der Waals surface area (Å²) >= 11 is 0. The molecule has 1 amide bonds. The first kappa shape index (κ1) is 16.5. The fraction of sp³-hybridized carbons (Fsp3) is 0.350. The van der Waals surface area contributed by atoms with Crippen LogP contribution in [-0.4, -0.2) is 23.7 Å². The van der Waals surface area contributed by atoms with Crippen LogP contribution in [0.15, 0.2) is 48.5 Å². The molecule has 2 N–H and O–H groups in total. The summed E-state index contributed by atoms with van der Waals surface area (Å²) in [6, 6.07) is 15.2. The third-order valence-electron chi connectivity index (χ3n) is 4.45. The molecule has 126 valence electrons. The van der Waals surface area contributed by atoms with Crippen LogP contribution in [0.25, 0.3) is 0 Å². The van der Waals surface area contributed by atoms with E-state index in [1.165, 1.54) is 0 Å². The van der Waals surface area contributed by atoms with Crippen LogP contribution in [0.5, 0.6) is 5.75 Å². The SMILES string of the molecule is Cc1ccc(CC(=O)NC(c2ccccc2)C2CCCO2)cc1O. The van der Waals surface area contributed by atoms with Crippen molar-refractivity contribution in [3.63, 3.8) is 0 Å². The third kappa shape index (κ3) is 3.95. The summed E-state index contributed by atoms with van der Waals surface area (Å²) in [5, 5.41) is 12.9. The summed E-state index contributed by atoms with van der Waals surface area (Å²) in [4.78, 5) is 12.5. The van der Waals surface area contributed by atoms with Gasteiger partial charge < -0.3 is 15.2 Å². The van der Waals surface area contributed by atoms with E-state index in [4.69, 9.17) is 4.74 Å². The predicted molar refractivity (Wildman–Crippen MR) is 92.8 cm³/mol. The third-order valence-corrected chi connectivity index (χ3v) is 4.45. The largest absolute Gasteiger partial charge is 0.508 e. The van der Waals surface area contributed by atoms with Crippen molar-refractivity contribution in [3.05, 3.63) is 65.2 Å². The number of amides is 1.